The zero-order valence-corrected chi connectivity index (χ0v) is 9.52. The molecule has 0 fully saturated rings. The van der Waals surface area contributed by atoms with Crippen LogP contribution in [0.4, 0.5) is 5.95 Å². The van der Waals surface area contributed by atoms with Crippen molar-refractivity contribution in [3.05, 3.63) is 12.2 Å². The van der Waals surface area contributed by atoms with Gasteiger partial charge in [0.15, 0.2) is 5.65 Å². The maximum Gasteiger partial charge on any atom is 0.283 e. The predicted molar refractivity (Wildman–Crippen MR) is 59.3 cm³/mol. The van der Waals surface area contributed by atoms with Crippen LogP contribution >= 0.6 is 11.8 Å². The summed E-state index contributed by atoms with van der Waals surface area (Å²) in [6.45, 7) is 1.72. The van der Waals surface area contributed by atoms with E-state index in [1.807, 2.05) is 0 Å². The quantitative estimate of drug-likeness (QED) is 0.639. The van der Waals surface area contributed by atoms with Crippen molar-refractivity contribution >= 4 is 28.9 Å². The Bertz CT molecular complexity index is 675. The van der Waals surface area contributed by atoms with E-state index in [-0.39, 0.29) is 5.95 Å². The second kappa shape index (κ2) is 3.70. The van der Waals surface area contributed by atoms with Gasteiger partial charge in [-0.1, -0.05) is 0 Å². The molecule has 17 heavy (non-hydrogen) atoms. The van der Waals surface area contributed by atoms with Crippen LogP contribution in [-0.4, -0.2) is 30.1 Å². The number of aryl methyl sites for hydroxylation is 1. The summed E-state index contributed by atoms with van der Waals surface area (Å²) < 4.78 is 5.26. The number of H-pyrrole nitrogens is 1. The van der Waals surface area contributed by atoms with Gasteiger partial charge >= 0.3 is 0 Å². The average molecular weight is 249 g/mol. The maximum atomic E-state index is 5.59. The molecule has 0 unspecified atom stereocenters. The largest absolute Gasteiger partial charge is 0.416 e. The second-order valence-corrected chi connectivity index (χ2v) is 4.12. The Morgan fingerprint density at radius 1 is 1.35 bits per heavy atom. The third kappa shape index (κ3) is 1.80. The lowest BCUT2D eigenvalue weighted by Gasteiger charge is -1.98. The topological polar surface area (TPSA) is 119 Å². The molecule has 0 bridgehead atoms. The fourth-order valence-electron chi connectivity index (χ4n) is 1.30. The molecule has 3 aromatic rings. The number of nitrogens with zero attached hydrogens (tertiary/aromatic N) is 5. The fraction of sp³-hybridized carbons (Fsp3) is 0.125. The Balaban J connectivity index is 2.07. The smallest absolute Gasteiger partial charge is 0.283 e. The van der Waals surface area contributed by atoms with Crippen molar-refractivity contribution in [1.82, 2.24) is 30.1 Å². The lowest BCUT2D eigenvalue weighted by Crippen LogP contribution is -1.96. The average Bonchev–Trinajstić information content (AvgIpc) is 2.87. The molecule has 0 atom stereocenters. The number of rotatable bonds is 2. The third-order valence-corrected chi connectivity index (χ3v) is 2.79. The Morgan fingerprint density at radius 2 is 2.24 bits per heavy atom. The third-order valence-electron chi connectivity index (χ3n) is 1.96. The number of hydrogen-bond acceptors (Lipinski definition) is 8. The minimum atomic E-state index is 0.156. The molecule has 8 nitrogen and oxygen atoms in total. The maximum absolute atomic E-state index is 5.59. The molecule has 3 heterocycles. The first kappa shape index (κ1) is 10.0. The highest BCUT2D eigenvalue weighted by atomic mass is 32.2. The van der Waals surface area contributed by atoms with E-state index in [0.717, 1.165) is 0 Å². The first-order chi connectivity index (χ1) is 8.22. The minimum absolute atomic E-state index is 0.156. The number of nitrogen functional groups attached to an aromatic ring is 1. The van der Waals surface area contributed by atoms with E-state index < -0.39 is 0 Å². The van der Waals surface area contributed by atoms with E-state index in [2.05, 4.69) is 30.1 Å². The van der Waals surface area contributed by atoms with Crippen molar-refractivity contribution in [2.45, 2.75) is 17.2 Å². The van der Waals surface area contributed by atoms with Crippen molar-refractivity contribution in [1.29, 1.82) is 0 Å². The molecule has 9 heteroatoms. The number of nitrogens with two attached hydrogens (primary N) is 1. The molecular weight excluding hydrogens is 242 g/mol. The summed E-state index contributed by atoms with van der Waals surface area (Å²) in [5.41, 5.74) is 6.79. The van der Waals surface area contributed by atoms with Crippen molar-refractivity contribution in [2.75, 3.05) is 5.73 Å². The van der Waals surface area contributed by atoms with Gasteiger partial charge in [0.25, 0.3) is 5.22 Å². The highest BCUT2D eigenvalue weighted by Gasteiger charge is 2.13. The van der Waals surface area contributed by atoms with Crippen molar-refractivity contribution in [3.63, 3.8) is 0 Å². The van der Waals surface area contributed by atoms with Crippen LogP contribution in [0.3, 0.4) is 0 Å². The minimum Gasteiger partial charge on any atom is -0.416 e. The van der Waals surface area contributed by atoms with E-state index >= 15 is 0 Å². The number of fused-ring (bicyclic) bond motifs is 1. The molecule has 0 aromatic carbocycles. The number of aromatic nitrogens is 6. The van der Waals surface area contributed by atoms with Crippen LogP contribution in [0.5, 0.6) is 0 Å². The number of aromatic amines is 1. The molecule has 3 rings (SSSR count). The predicted octanol–water partition coefficient (Wildman–Crippen LogP) is 0.778. The lowest BCUT2D eigenvalue weighted by molar-refractivity contribution is 0.429. The molecule has 0 amide bonds. The van der Waals surface area contributed by atoms with Gasteiger partial charge in [-0.05, 0) is 11.8 Å². The van der Waals surface area contributed by atoms with Gasteiger partial charge in [-0.25, -0.2) is 9.97 Å². The van der Waals surface area contributed by atoms with E-state index in [0.29, 0.717) is 27.3 Å². The van der Waals surface area contributed by atoms with Gasteiger partial charge in [0.2, 0.25) is 11.8 Å². The molecule has 0 radical (unpaired) electrons. The zero-order valence-electron chi connectivity index (χ0n) is 8.71. The van der Waals surface area contributed by atoms with Crippen LogP contribution in [0.25, 0.3) is 11.2 Å². The van der Waals surface area contributed by atoms with E-state index in [1.165, 1.54) is 18.1 Å². The number of hydrogen-bond donors (Lipinski definition) is 2. The standard InChI is InChI=1S/C8H7N7OS/c1-3-14-15-8(16-3)17-6-4-5(11-2-10-4)12-7(9)13-6/h2H,1H3,(H3,9,10,11,12,13). The summed E-state index contributed by atoms with van der Waals surface area (Å²) in [4.78, 5) is 15.1. The Kier molecular flexibility index (Phi) is 2.18. The van der Waals surface area contributed by atoms with Gasteiger partial charge < -0.3 is 15.1 Å². The fourth-order valence-corrected chi connectivity index (χ4v) is 2.10. The molecule has 0 saturated heterocycles. The number of anilines is 1. The first-order valence-electron chi connectivity index (χ1n) is 4.67. The molecule has 0 aliphatic heterocycles. The molecule has 3 aromatic heterocycles. The van der Waals surface area contributed by atoms with Gasteiger partial charge in [-0.15, -0.1) is 10.2 Å². The summed E-state index contributed by atoms with van der Waals surface area (Å²) in [6.07, 6.45) is 1.53. The van der Waals surface area contributed by atoms with Crippen molar-refractivity contribution in [3.8, 4) is 0 Å². The van der Waals surface area contributed by atoms with Crippen LogP contribution in [0.15, 0.2) is 21.0 Å². The Morgan fingerprint density at radius 3 is 3.00 bits per heavy atom. The van der Waals surface area contributed by atoms with Gasteiger partial charge in [0.1, 0.15) is 10.5 Å². The van der Waals surface area contributed by atoms with Crippen LogP contribution < -0.4 is 5.73 Å². The molecule has 0 aliphatic carbocycles. The summed E-state index contributed by atoms with van der Waals surface area (Å²) in [5, 5.41) is 8.61. The van der Waals surface area contributed by atoms with Crippen LogP contribution in [-0.2, 0) is 0 Å². The molecule has 0 aliphatic rings. The summed E-state index contributed by atoms with van der Waals surface area (Å²) >= 11 is 1.21. The first-order valence-corrected chi connectivity index (χ1v) is 5.48. The normalized spacial score (nSPS) is 11.1. The highest BCUT2D eigenvalue weighted by molar-refractivity contribution is 7.99. The van der Waals surface area contributed by atoms with Crippen molar-refractivity contribution < 1.29 is 4.42 Å². The Hall–Kier alpha value is -2.16. The molecule has 0 spiro atoms. The summed E-state index contributed by atoms with van der Waals surface area (Å²) in [6, 6.07) is 0. The van der Waals surface area contributed by atoms with E-state index in [4.69, 9.17) is 10.2 Å². The molecule has 86 valence electrons. The molecule has 3 N–H and O–H groups in total. The monoisotopic (exact) mass is 249 g/mol. The van der Waals surface area contributed by atoms with Crippen LogP contribution in [0.1, 0.15) is 5.89 Å². The number of nitrogens with one attached hydrogen (secondary N) is 1. The van der Waals surface area contributed by atoms with Crippen molar-refractivity contribution in [2.24, 2.45) is 0 Å². The summed E-state index contributed by atoms with van der Waals surface area (Å²) in [5.74, 6) is 0.652. The van der Waals surface area contributed by atoms with Crippen LogP contribution in [0, 0.1) is 6.92 Å². The van der Waals surface area contributed by atoms with Gasteiger partial charge in [0.05, 0.1) is 6.33 Å². The molecule has 0 saturated carbocycles. The van der Waals surface area contributed by atoms with E-state index in [1.54, 1.807) is 6.92 Å². The van der Waals surface area contributed by atoms with Gasteiger partial charge in [0, 0.05) is 6.92 Å². The number of imidazole rings is 1. The highest BCUT2D eigenvalue weighted by Crippen LogP contribution is 2.29. The van der Waals surface area contributed by atoms with E-state index in [9.17, 15) is 0 Å². The van der Waals surface area contributed by atoms with Gasteiger partial charge in [-0.2, -0.15) is 4.98 Å². The Labute approximate surface area is 99.1 Å². The van der Waals surface area contributed by atoms with Gasteiger partial charge in [-0.3, -0.25) is 0 Å². The van der Waals surface area contributed by atoms with Crippen LogP contribution in [0.2, 0.25) is 0 Å². The second-order valence-electron chi connectivity index (χ2n) is 3.18. The SMILES string of the molecule is Cc1nnc(Sc2nc(N)nc3nc[nH]c23)o1. The zero-order chi connectivity index (χ0) is 11.8. The lowest BCUT2D eigenvalue weighted by atomic mass is 10.5. The summed E-state index contributed by atoms with van der Waals surface area (Å²) in [7, 11) is 0. The molecular formula is C8H7N7OS.